The Morgan fingerprint density at radius 1 is 1.36 bits per heavy atom. The van der Waals surface area contributed by atoms with Crippen molar-refractivity contribution in [1.82, 2.24) is 0 Å². The Balaban J connectivity index is 2.71. The molecule has 0 aliphatic heterocycles. The van der Waals surface area contributed by atoms with Crippen molar-refractivity contribution in [2.45, 2.75) is 19.8 Å². The summed E-state index contributed by atoms with van der Waals surface area (Å²) < 4.78 is 2.20. The fraction of sp³-hybridized carbons (Fsp3) is 0.364. The largest absolute Gasteiger partial charge is 0.303 e. The zero-order valence-electron chi connectivity index (χ0n) is 7.97. The lowest BCUT2D eigenvalue weighted by Gasteiger charge is -2.08. The zero-order chi connectivity index (χ0) is 10.6. The molecule has 1 atom stereocenters. The molecule has 0 aromatic heterocycles. The van der Waals surface area contributed by atoms with Crippen LogP contribution < -0.4 is 0 Å². The average Bonchev–Trinajstić information content (AvgIpc) is 2.16. The van der Waals surface area contributed by atoms with Gasteiger partial charge in [0.15, 0.2) is 0 Å². The number of rotatable bonds is 4. The first-order chi connectivity index (χ1) is 6.65. The third-order valence-electron chi connectivity index (χ3n) is 2.14. The molecule has 1 aromatic rings. The van der Waals surface area contributed by atoms with E-state index in [1.54, 1.807) is 0 Å². The number of carbonyl (C=O) groups is 1. The Morgan fingerprint density at radius 2 is 1.93 bits per heavy atom. The predicted octanol–water partition coefficient (Wildman–Crippen LogP) is 3.98. The van der Waals surface area contributed by atoms with E-state index in [1.807, 2.05) is 25.1 Å². The highest BCUT2D eigenvalue weighted by Gasteiger charge is 2.06. The van der Waals surface area contributed by atoms with E-state index < -0.39 is 0 Å². The van der Waals surface area contributed by atoms with Crippen LogP contribution in [0.15, 0.2) is 27.1 Å². The highest BCUT2D eigenvalue weighted by atomic mass is 79.9. The van der Waals surface area contributed by atoms with E-state index >= 15 is 0 Å². The molecule has 0 spiro atoms. The predicted molar refractivity (Wildman–Crippen MR) is 65.4 cm³/mol. The van der Waals surface area contributed by atoms with Gasteiger partial charge in [0.1, 0.15) is 6.29 Å². The molecule has 0 saturated heterocycles. The van der Waals surface area contributed by atoms with Crippen LogP contribution in [0.5, 0.6) is 0 Å². The van der Waals surface area contributed by atoms with E-state index in [9.17, 15) is 4.79 Å². The number of hydrogen-bond acceptors (Lipinski definition) is 1. The van der Waals surface area contributed by atoms with Crippen molar-refractivity contribution in [3.8, 4) is 0 Å². The summed E-state index contributed by atoms with van der Waals surface area (Å²) in [5.74, 6) is 0.133. The Morgan fingerprint density at radius 3 is 2.43 bits per heavy atom. The van der Waals surface area contributed by atoms with Crippen molar-refractivity contribution in [2.75, 3.05) is 0 Å². The van der Waals surface area contributed by atoms with Crippen LogP contribution in [-0.2, 0) is 11.2 Å². The molecule has 0 saturated carbocycles. The SMILES string of the molecule is CC(C=O)CCc1c(Br)cccc1Br. The van der Waals surface area contributed by atoms with Crippen molar-refractivity contribution in [3.05, 3.63) is 32.7 Å². The first kappa shape index (κ1) is 11.9. The maximum atomic E-state index is 10.5. The maximum Gasteiger partial charge on any atom is 0.122 e. The second-order valence-electron chi connectivity index (χ2n) is 3.35. The van der Waals surface area contributed by atoms with Crippen molar-refractivity contribution in [3.63, 3.8) is 0 Å². The van der Waals surface area contributed by atoms with Crippen molar-refractivity contribution >= 4 is 38.1 Å². The quantitative estimate of drug-likeness (QED) is 0.767. The normalized spacial score (nSPS) is 12.5. The summed E-state index contributed by atoms with van der Waals surface area (Å²) in [6, 6.07) is 6.03. The van der Waals surface area contributed by atoms with E-state index in [-0.39, 0.29) is 5.92 Å². The smallest absolute Gasteiger partial charge is 0.122 e. The first-order valence-electron chi connectivity index (χ1n) is 4.53. The molecule has 14 heavy (non-hydrogen) atoms. The van der Waals surface area contributed by atoms with E-state index in [1.165, 1.54) is 5.56 Å². The lowest BCUT2D eigenvalue weighted by atomic mass is 10.0. The molecule has 1 aromatic carbocycles. The van der Waals surface area contributed by atoms with E-state index in [2.05, 4.69) is 31.9 Å². The number of benzene rings is 1. The molecule has 0 amide bonds. The average molecular weight is 320 g/mol. The van der Waals surface area contributed by atoms with Gasteiger partial charge in [0.25, 0.3) is 0 Å². The molecule has 0 radical (unpaired) electrons. The summed E-state index contributed by atoms with van der Waals surface area (Å²) >= 11 is 7.00. The Hall–Kier alpha value is -0.150. The number of carbonyl (C=O) groups excluding carboxylic acids is 1. The highest BCUT2D eigenvalue weighted by Crippen LogP contribution is 2.26. The third kappa shape index (κ3) is 3.21. The summed E-state index contributed by atoms with van der Waals surface area (Å²) in [5.41, 5.74) is 1.24. The van der Waals surface area contributed by atoms with Gasteiger partial charge in [-0.25, -0.2) is 0 Å². The Labute approximate surface area is 101 Å². The molecule has 1 unspecified atom stereocenters. The number of aldehydes is 1. The summed E-state index contributed by atoms with van der Waals surface area (Å²) in [6.07, 6.45) is 2.82. The van der Waals surface area contributed by atoms with Crippen LogP contribution in [0.4, 0.5) is 0 Å². The first-order valence-corrected chi connectivity index (χ1v) is 6.12. The van der Waals surface area contributed by atoms with Gasteiger partial charge in [-0.1, -0.05) is 44.8 Å². The summed E-state index contributed by atoms with van der Waals surface area (Å²) in [6.45, 7) is 1.94. The van der Waals surface area contributed by atoms with Crippen molar-refractivity contribution in [1.29, 1.82) is 0 Å². The minimum absolute atomic E-state index is 0.133. The second kappa shape index (κ2) is 5.66. The molecule has 76 valence electrons. The summed E-state index contributed by atoms with van der Waals surface area (Å²) in [7, 11) is 0. The van der Waals surface area contributed by atoms with Gasteiger partial charge in [0.2, 0.25) is 0 Å². The number of halogens is 2. The molecule has 1 nitrogen and oxygen atoms in total. The van der Waals surface area contributed by atoms with Crippen LogP contribution in [0, 0.1) is 5.92 Å². The molecule has 0 heterocycles. The molecule has 0 bridgehead atoms. The standard InChI is InChI=1S/C11H12Br2O/c1-8(7-14)5-6-9-10(12)3-2-4-11(9)13/h2-4,7-8H,5-6H2,1H3. The van der Waals surface area contributed by atoms with Crippen LogP contribution >= 0.6 is 31.9 Å². The fourth-order valence-electron chi connectivity index (χ4n) is 1.21. The van der Waals surface area contributed by atoms with Gasteiger partial charge in [0.05, 0.1) is 0 Å². The zero-order valence-corrected chi connectivity index (χ0v) is 11.1. The van der Waals surface area contributed by atoms with E-state index in [4.69, 9.17) is 0 Å². The van der Waals surface area contributed by atoms with Gasteiger partial charge in [0, 0.05) is 14.9 Å². The summed E-state index contributed by atoms with van der Waals surface area (Å²) in [4.78, 5) is 10.5. The molecule has 0 fully saturated rings. The maximum absolute atomic E-state index is 10.5. The van der Waals surface area contributed by atoms with Gasteiger partial charge in [-0.05, 0) is 30.5 Å². The van der Waals surface area contributed by atoms with Crippen LogP contribution in [0.2, 0.25) is 0 Å². The minimum atomic E-state index is 0.133. The molecule has 1 rings (SSSR count). The Bertz CT molecular complexity index is 303. The van der Waals surface area contributed by atoms with Crippen LogP contribution in [-0.4, -0.2) is 6.29 Å². The second-order valence-corrected chi connectivity index (χ2v) is 5.06. The minimum Gasteiger partial charge on any atom is -0.303 e. The topological polar surface area (TPSA) is 17.1 Å². The number of hydrogen-bond donors (Lipinski definition) is 0. The van der Waals surface area contributed by atoms with Crippen LogP contribution in [0.1, 0.15) is 18.9 Å². The Kier molecular flexibility index (Phi) is 4.82. The molecule has 0 N–H and O–H groups in total. The van der Waals surface area contributed by atoms with Crippen LogP contribution in [0.25, 0.3) is 0 Å². The van der Waals surface area contributed by atoms with E-state index in [0.29, 0.717) is 0 Å². The monoisotopic (exact) mass is 318 g/mol. The van der Waals surface area contributed by atoms with Gasteiger partial charge in [-0.3, -0.25) is 0 Å². The van der Waals surface area contributed by atoms with Gasteiger partial charge in [-0.2, -0.15) is 0 Å². The third-order valence-corrected chi connectivity index (χ3v) is 3.63. The van der Waals surface area contributed by atoms with Gasteiger partial charge < -0.3 is 4.79 Å². The molecule has 0 aliphatic carbocycles. The van der Waals surface area contributed by atoms with Gasteiger partial charge >= 0.3 is 0 Å². The molecular weight excluding hydrogens is 308 g/mol. The lowest BCUT2D eigenvalue weighted by Crippen LogP contribution is -1.99. The van der Waals surface area contributed by atoms with Crippen molar-refractivity contribution in [2.24, 2.45) is 5.92 Å². The van der Waals surface area contributed by atoms with Crippen molar-refractivity contribution < 1.29 is 4.79 Å². The lowest BCUT2D eigenvalue weighted by molar-refractivity contribution is -0.110. The highest BCUT2D eigenvalue weighted by molar-refractivity contribution is 9.11. The van der Waals surface area contributed by atoms with Crippen LogP contribution in [0.3, 0.4) is 0 Å². The summed E-state index contributed by atoms with van der Waals surface area (Å²) in [5, 5.41) is 0. The van der Waals surface area contributed by atoms with Gasteiger partial charge in [-0.15, -0.1) is 0 Å². The molecular formula is C11H12Br2O. The molecule has 3 heteroatoms. The fourth-order valence-corrected chi connectivity index (χ4v) is 2.61. The van der Waals surface area contributed by atoms with E-state index in [0.717, 1.165) is 28.1 Å². The molecule has 0 aliphatic rings.